The monoisotopic (exact) mass is 410 g/mol. The van der Waals surface area contributed by atoms with Crippen molar-refractivity contribution in [3.05, 3.63) is 48.3 Å². The van der Waals surface area contributed by atoms with Gasteiger partial charge in [-0.3, -0.25) is 9.80 Å². The van der Waals surface area contributed by atoms with E-state index in [0.717, 1.165) is 57.2 Å². The van der Waals surface area contributed by atoms with Crippen LogP contribution >= 0.6 is 0 Å². The zero-order valence-corrected chi connectivity index (χ0v) is 19.0. The highest BCUT2D eigenvalue weighted by atomic mass is 15.2. The third-order valence-corrected chi connectivity index (χ3v) is 5.86. The molecule has 6 heteroatoms. The van der Waals surface area contributed by atoms with Crippen LogP contribution in [0.4, 0.5) is 11.6 Å². The van der Waals surface area contributed by atoms with Crippen LogP contribution in [-0.2, 0) is 6.54 Å². The first-order valence-corrected chi connectivity index (χ1v) is 11.4. The maximum absolute atomic E-state index is 4.43. The summed E-state index contributed by atoms with van der Waals surface area (Å²) in [7, 11) is 0. The lowest BCUT2D eigenvalue weighted by molar-refractivity contribution is 0.182. The lowest BCUT2D eigenvalue weighted by atomic mass is 10.0. The smallest absolute Gasteiger partial charge is 0.131 e. The molecular formula is C24H38N6. The number of hydrogen-bond acceptors (Lipinski definition) is 6. The molecule has 0 amide bonds. The molecule has 0 atom stereocenters. The van der Waals surface area contributed by atoms with Gasteiger partial charge in [-0.1, -0.05) is 30.3 Å². The molecule has 2 aromatic rings. The Bertz CT molecular complexity index is 732. The fraction of sp³-hybridized carbons (Fsp3) is 0.583. The molecule has 6 nitrogen and oxygen atoms in total. The molecule has 164 valence electrons. The van der Waals surface area contributed by atoms with Crippen LogP contribution in [-0.4, -0.2) is 64.1 Å². The maximum Gasteiger partial charge on any atom is 0.131 e. The van der Waals surface area contributed by atoms with Gasteiger partial charge in [-0.15, -0.1) is 0 Å². The fourth-order valence-electron chi connectivity index (χ4n) is 4.24. The zero-order chi connectivity index (χ0) is 21.3. The highest BCUT2D eigenvalue weighted by molar-refractivity contribution is 5.47. The molecule has 0 aliphatic carbocycles. The quantitative estimate of drug-likeness (QED) is 0.615. The van der Waals surface area contributed by atoms with E-state index in [4.69, 9.17) is 0 Å². The Morgan fingerprint density at radius 3 is 2.33 bits per heavy atom. The molecule has 2 heterocycles. The van der Waals surface area contributed by atoms with E-state index in [1.807, 2.05) is 6.07 Å². The molecule has 1 saturated heterocycles. The molecule has 1 aromatic carbocycles. The Morgan fingerprint density at radius 1 is 1.00 bits per heavy atom. The molecule has 0 saturated carbocycles. The third-order valence-electron chi connectivity index (χ3n) is 5.86. The number of piperidine rings is 1. The van der Waals surface area contributed by atoms with E-state index in [2.05, 4.69) is 88.4 Å². The second kappa shape index (κ2) is 11.3. The summed E-state index contributed by atoms with van der Waals surface area (Å²) in [6, 6.07) is 14.3. The Hall–Kier alpha value is -2.18. The van der Waals surface area contributed by atoms with Crippen LogP contribution in [0.5, 0.6) is 0 Å². The lowest BCUT2D eigenvalue weighted by Crippen LogP contribution is -2.40. The van der Waals surface area contributed by atoms with Crippen molar-refractivity contribution in [3.63, 3.8) is 0 Å². The van der Waals surface area contributed by atoms with Crippen molar-refractivity contribution in [2.45, 2.75) is 65.2 Å². The fourth-order valence-corrected chi connectivity index (χ4v) is 4.24. The third kappa shape index (κ3) is 6.96. The Balaban J connectivity index is 1.43. The van der Waals surface area contributed by atoms with Gasteiger partial charge in [-0.2, -0.15) is 0 Å². The van der Waals surface area contributed by atoms with E-state index in [0.29, 0.717) is 18.1 Å². The molecule has 3 rings (SSSR count). The number of aromatic nitrogens is 2. The molecule has 1 fully saturated rings. The number of likely N-dealkylation sites (tertiary alicyclic amines) is 1. The Kier molecular flexibility index (Phi) is 8.46. The molecule has 1 aliphatic rings. The second-order valence-corrected chi connectivity index (χ2v) is 8.82. The van der Waals surface area contributed by atoms with Gasteiger partial charge in [0.2, 0.25) is 0 Å². The standard InChI is InChI=1S/C24H38N6/c1-19(2)30(20(3)4)15-12-25-23-16-24(27-18-26-23)28-22-10-13-29(14-11-22)17-21-8-6-5-7-9-21/h5-9,16,18-20,22H,10-15,17H2,1-4H3,(H2,25,26,27,28). The SMILES string of the molecule is CC(C)N(CCNc1cc(NC2CCN(Cc3ccccc3)CC2)ncn1)C(C)C. The van der Waals surface area contributed by atoms with Gasteiger partial charge >= 0.3 is 0 Å². The molecule has 0 radical (unpaired) electrons. The van der Waals surface area contributed by atoms with Gasteiger partial charge in [0.15, 0.2) is 0 Å². The normalized spacial score (nSPS) is 15.8. The first-order chi connectivity index (χ1) is 14.5. The summed E-state index contributed by atoms with van der Waals surface area (Å²) in [6.07, 6.45) is 3.92. The molecule has 0 spiro atoms. The van der Waals surface area contributed by atoms with E-state index in [9.17, 15) is 0 Å². The van der Waals surface area contributed by atoms with Crippen molar-refractivity contribution in [3.8, 4) is 0 Å². The predicted molar refractivity (Wildman–Crippen MR) is 126 cm³/mol. The maximum atomic E-state index is 4.43. The number of benzene rings is 1. The van der Waals surface area contributed by atoms with Crippen LogP contribution in [0.3, 0.4) is 0 Å². The van der Waals surface area contributed by atoms with Crippen LogP contribution in [0.2, 0.25) is 0 Å². The van der Waals surface area contributed by atoms with Gasteiger partial charge in [0.1, 0.15) is 18.0 Å². The summed E-state index contributed by atoms with van der Waals surface area (Å²) in [5, 5.41) is 7.07. The van der Waals surface area contributed by atoms with Crippen LogP contribution in [0.15, 0.2) is 42.7 Å². The molecular weight excluding hydrogens is 372 g/mol. The minimum atomic E-state index is 0.470. The molecule has 0 unspecified atom stereocenters. The van der Waals surface area contributed by atoms with Gasteiger partial charge in [0.05, 0.1) is 0 Å². The summed E-state index contributed by atoms with van der Waals surface area (Å²) >= 11 is 0. The second-order valence-electron chi connectivity index (χ2n) is 8.82. The van der Waals surface area contributed by atoms with Crippen molar-refractivity contribution in [2.75, 3.05) is 36.8 Å². The minimum absolute atomic E-state index is 0.470. The Labute approximate surface area is 182 Å². The number of nitrogens with one attached hydrogen (secondary N) is 2. The van der Waals surface area contributed by atoms with E-state index in [-0.39, 0.29) is 0 Å². The minimum Gasteiger partial charge on any atom is -0.369 e. The average molecular weight is 411 g/mol. The first-order valence-electron chi connectivity index (χ1n) is 11.4. The van der Waals surface area contributed by atoms with E-state index in [1.54, 1.807) is 6.33 Å². The summed E-state index contributed by atoms with van der Waals surface area (Å²) in [6.45, 7) is 14.1. The van der Waals surface area contributed by atoms with Crippen LogP contribution in [0.25, 0.3) is 0 Å². The number of anilines is 2. The summed E-state index contributed by atoms with van der Waals surface area (Å²) in [5.74, 6) is 1.81. The largest absolute Gasteiger partial charge is 0.369 e. The van der Waals surface area contributed by atoms with Gasteiger partial charge in [0.25, 0.3) is 0 Å². The average Bonchev–Trinajstić information content (AvgIpc) is 2.73. The Morgan fingerprint density at radius 2 is 1.67 bits per heavy atom. The van der Waals surface area contributed by atoms with E-state index >= 15 is 0 Å². The van der Waals surface area contributed by atoms with Gasteiger partial charge in [-0.05, 0) is 46.1 Å². The van der Waals surface area contributed by atoms with Crippen LogP contribution in [0.1, 0.15) is 46.1 Å². The number of hydrogen-bond donors (Lipinski definition) is 2. The molecule has 2 N–H and O–H groups in total. The van der Waals surface area contributed by atoms with Gasteiger partial charge in [-0.25, -0.2) is 9.97 Å². The molecule has 1 aliphatic heterocycles. The van der Waals surface area contributed by atoms with Gasteiger partial charge in [0, 0.05) is 56.9 Å². The zero-order valence-electron chi connectivity index (χ0n) is 19.0. The summed E-state index contributed by atoms with van der Waals surface area (Å²) < 4.78 is 0. The molecule has 1 aromatic heterocycles. The predicted octanol–water partition coefficient (Wildman–Crippen LogP) is 4.08. The van der Waals surface area contributed by atoms with Crippen molar-refractivity contribution in [1.29, 1.82) is 0 Å². The van der Waals surface area contributed by atoms with Crippen LogP contribution in [0, 0.1) is 0 Å². The van der Waals surface area contributed by atoms with E-state index < -0.39 is 0 Å². The van der Waals surface area contributed by atoms with Crippen molar-refractivity contribution in [2.24, 2.45) is 0 Å². The van der Waals surface area contributed by atoms with Crippen molar-refractivity contribution >= 4 is 11.6 Å². The van der Waals surface area contributed by atoms with Crippen molar-refractivity contribution < 1.29 is 0 Å². The summed E-state index contributed by atoms with van der Waals surface area (Å²) in [4.78, 5) is 13.8. The highest BCUT2D eigenvalue weighted by Crippen LogP contribution is 2.18. The molecule has 0 bridgehead atoms. The van der Waals surface area contributed by atoms with E-state index in [1.165, 1.54) is 5.56 Å². The topological polar surface area (TPSA) is 56.3 Å². The highest BCUT2D eigenvalue weighted by Gasteiger charge is 2.19. The summed E-state index contributed by atoms with van der Waals surface area (Å²) in [5.41, 5.74) is 1.39. The number of rotatable bonds is 10. The number of nitrogens with zero attached hydrogens (tertiary/aromatic N) is 4. The van der Waals surface area contributed by atoms with Crippen molar-refractivity contribution in [1.82, 2.24) is 19.8 Å². The van der Waals surface area contributed by atoms with Gasteiger partial charge < -0.3 is 10.6 Å². The van der Waals surface area contributed by atoms with Crippen LogP contribution < -0.4 is 10.6 Å². The molecule has 30 heavy (non-hydrogen) atoms. The lowest BCUT2D eigenvalue weighted by Gasteiger charge is -2.32. The first kappa shape index (κ1) is 22.5.